The van der Waals surface area contributed by atoms with E-state index in [-0.39, 0.29) is 11.0 Å². The fourth-order valence-corrected chi connectivity index (χ4v) is 5.03. The van der Waals surface area contributed by atoms with Gasteiger partial charge in [-0.25, -0.2) is 0 Å². The predicted octanol–water partition coefficient (Wildman–Crippen LogP) is 4.21. The second kappa shape index (κ2) is 3.50. The van der Waals surface area contributed by atoms with Crippen LogP contribution < -0.4 is 4.74 Å². The molecule has 1 aromatic rings. The summed E-state index contributed by atoms with van der Waals surface area (Å²) in [7, 11) is 0. The van der Waals surface area contributed by atoms with Crippen molar-refractivity contribution in [2.45, 2.75) is 44.6 Å². The molecule has 17 heavy (non-hydrogen) atoms. The molecule has 1 heterocycles. The van der Waals surface area contributed by atoms with Crippen LogP contribution in [0.1, 0.15) is 37.8 Å². The van der Waals surface area contributed by atoms with Crippen LogP contribution in [-0.4, -0.2) is 10.9 Å². The van der Waals surface area contributed by atoms with Crippen LogP contribution in [0, 0.1) is 12.8 Å². The summed E-state index contributed by atoms with van der Waals surface area (Å²) in [6, 6.07) is 6.67. The monoisotopic (exact) mass is 294 g/mol. The highest BCUT2D eigenvalue weighted by atomic mass is 79.9. The Hall–Kier alpha value is -0.500. The topological polar surface area (TPSA) is 9.23 Å². The lowest BCUT2D eigenvalue weighted by atomic mass is 9.71. The minimum atomic E-state index is -0.0386. The molecule has 92 valence electrons. The summed E-state index contributed by atoms with van der Waals surface area (Å²) in [4.78, 5) is 0. The van der Waals surface area contributed by atoms with E-state index >= 15 is 0 Å². The Morgan fingerprint density at radius 1 is 1.47 bits per heavy atom. The summed E-state index contributed by atoms with van der Waals surface area (Å²) in [6.45, 7) is 6.83. The van der Waals surface area contributed by atoms with Gasteiger partial charge >= 0.3 is 0 Å². The quantitative estimate of drug-likeness (QED) is 0.705. The third-order valence-corrected chi connectivity index (χ3v) is 5.86. The summed E-state index contributed by atoms with van der Waals surface area (Å²) in [5.74, 6) is 1.72. The zero-order valence-electron chi connectivity index (χ0n) is 10.7. The van der Waals surface area contributed by atoms with E-state index < -0.39 is 0 Å². The molecule has 0 radical (unpaired) electrons. The number of aryl methyl sites for hydroxylation is 1. The molecule has 0 spiro atoms. The lowest BCUT2D eigenvalue weighted by molar-refractivity contribution is 0.0369. The predicted molar refractivity (Wildman–Crippen MR) is 74.1 cm³/mol. The van der Waals surface area contributed by atoms with Crippen molar-refractivity contribution in [2.75, 3.05) is 5.33 Å². The molecule has 0 bridgehead atoms. The molecule has 1 aromatic carbocycles. The average Bonchev–Trinajstić information content (AvgIpc) is 2.69. The van der Waals surface area contributed by atoms with Gasteiger partial charge in [-0.1, -0.05) is 41.9 Å². The number of ether oxygens (including phenoxy) is 1. The van der Waals surface area contributed by atoms with Gasteiger partial charge in [-0.15, -0.1) is 0 Å². The second-order valence-electron chi connectivity index (χ2n) is 5.90. The summed E-state index contributed by atoms with van der Waals surface area (Å²) in [6.07, 6.45) is 2.49. The van der Waals surface area contributed by atoms with E-state index in [2.05, 4.69) is 54.9 Å². The van der Waals surface area contributed by atoms with E-state index in [9.17, 15) is 0 Å². The molecule has 3 rings (SSSR count). The Morgan fingerprint density at radius 3 is 2.94 bits per heavy atom. The Labute approximate surface area is 112 Å². The molecule has 1 aliphatic heterocycles. The van der Waals surface area contributed by atoms with Gasteiger partial charge in [-0.2, -0.15) is 0 Å². The number of hydrogen-bond acceptors (Lipinski definition) is 1. The van der Waals surface area contributed by atoms with Gasteiger partial charge in [0.2, 0.25) is 0 Å². The molecule has 2 heteroatoms. The van der Waals surface area contributed by atoms with Gasteiger partial charge in [-0.05, 0) is 37.3 Å². The van der Waals surface area contributed by atoms with E-state index in [1.54, 1.807) is 0 Å². The highest BCUT2D eigenvalue weighted by Crippen LogP contribution is 2.60. The Kier molecular flexibility index (Phi) is 2.39. The fourth-order valence-electron chi connectivity index (χ4n) is 3.74. The van der Waals surface area contributed by atoms with Crippen LogP contribution >= 0.6 is 15.9 Å². The van der Waals surface area contributed by atoms with Crippen LogP contribution in [0.4, 0.5) is 0 Å². The Morgan fingerprint density at radius 2 is 2.24 bits per heavy atom. The summed E-state index contributed by atoms with van der Waals surface area (Å²) >= 11 is 3.70. The van der Waals surface area contributed by atoms with Gasteiger partial charge in [0, 0.05) is 16.3 Å². The van der Waals surface area contributed by atoms with Gasteiger partial charge in [0.1, 0.15) is 11.4 Å². The van der Waals surface area contributed by atoms with Crippen molar-refractivity contribution < 1.29 is 4.74 Å². The average molecular weight is 295 g/mol. The molecular formula is C15H19BrO. The van der Waals surface area contributed by atoms with E-state index in [4.69, 9.17) is 4.74 Å². The van der Waals surface area contributed by atoms with Crippen LogP contribution in [0.15, 0.2) is 18.2 Å². The summed E-state index contributed by atoms with van der Waals surface area (Å²) in [5, 5.41) is 0.922. The van der Waals surface area contributed by atoms with Crippen LogP contribution in [0.25, 0.3) is 0 Å². The van der Waals surface area contributed by atoms with Gasteiger partial charge < -0.3 is 4.74 Å². The van der Waals surface area contributed by atoms with E-state index in [0.717, 1.165) is 11.1 Å². The zero-order valence-corrected chi connectivity index (χ0v) is 12.3. The molecule has 0 aromatic heterocycles. The van der Waals surface area contributed by atoms with E-state index in [1.165, 1.54) is 24.0 Å². The molecule has 1 fully saturated rings. The number of benzene rings is 1. The Bertz CT molecular complexity index is 470. The molecule has 0 N–H and O–H groups in total. The molecule has 1 saturated carbocycles. The second-order valence-corrected chi connectivity index (χ2v) is 6.46. The lowest BCUT2D eigenvalue weighted by Gasteiger charge is -2.38. The largest absolute Gasteiger partial charge is 0.485 e. The van der Waals surface area contributed by atoms with Crippen molar-refractivity contribution in [1.29, 1.82) is 0 Å². The first-order valence-electron chi connectivity index (χ1n) is 6.39. The summed E-state index contributed by atoms with van der Waals surface area (Å²) in [5.41, 5.74) is 2.83. The number of alkyl halides is 1. The fraction of sp³-hybridized carbons (Fsp3) is 0.600. The Balaban J connectivity index is 2.19. The lowest BCUT2D eigenvalue weighted by Crippen LogP contribution is -2.50. The normalized spacial score (nSPS) is 38.7. The van der Waals surface area contributed by atoms with Gasteiger partial charge in [0.05, 0.1) is 0 Å². The maximum absolute atomic E-state index is 6.42. The molecule has 1 nitrogen and oxygen atoms in total. The number of fused-ring (bicyclic) bond motifs is 3. The smallest absolute Gasteiger partial charge is 0.131 e. The molecule has 3 atom stereocenters. The third kappa shape index (κ3) is 1.25. The maximum atomic E-state index is 6.42. The molecule has 1 aliphatic carbocycles. The first-order valence-corrected chi connectivity index (χ1v) is 7.52. The molecule has 0 unspecified atom stereocenters. The summed E-state index contributed by atoms with van der Waals surface area (Å²) < 4.78 is 6.42. The minimum Gasteiger partial charge on any atom is -0.485 e. The third-order valence-electron chi connectivity index (χ3n) is 5.03. The van der Waals surface area contributed by atoms with Gasteiger partial charge in [-0.3, -0.25) is 0 Å². The molecule has 0 amide bonds. The maximum Gasteiger partial charge on any atom is 0.131 e. The number of rotatable bonds is 1. The number of hydrogen-bond donors (Lipinski definition) is 0. The standard InChI is InChI=1S/C15H19BrO/c1-10-4-5-12-13(8-10)17-15(9-16)11(2)6-7-14(12,15)3/h4-5,8,11H,6-7,9H2,1-3H3/t11-,14-,15-/m0/s1. The first-order chi connectivity index (χ1) is 8.03. The molecule has 0 saturated heterocycles. The van der Waals surface area contributed by atoms with Crippen molar-refractivity contribution in [1.82, 2.24) is 0 Å². The first kappa shape index (κ1) is 11.6. The van der Waals surface area contributed by atoms with Crippen LogP contribution in [0.3, 0.4) is 0 Å². The van der Waals surface area contributed by atoms with Gasteiger partial charge in [0.25, 0.3) is 0 Å². The minimum absolute atomic E-state index is 0.0386. The molecular weight excluding hydrogens is 276 g/mol. The van der Waals surface area contributed by atoms with E-state index in [0.29, 0.717) is 5.92 Å². The number of halogens is 1. The van der Waals surface area contributed by atoms with Crippen LogP contribution in [0.5, 0.6) is 5.75 Å². The van der Waals surface area contributed by atoms with Crippen molar-refractivity contribution in [3.63, 3.8) is 0 Å². The zero-order chi connectivity index (χ0) is 12.3. The van der Waals surface area contributed by atoms with Gasteiger partial charge in [0.15, 0.2) is 0 Å². The van der Waals surface area contributed by atoms with Crippen molar-refractivity contribution in [3.8, 4) is 5.75 Å². The highest BCUT2D eigenvalue weighted by Gasteiger charge is 2.62. The van der Waals surface area contributed by atoms with Crippen LogP contribution in [0.2, 0.25) is 0 Å². The van der Waals surface area contributed by atoms with Crippen LogP contribution in [-0.2, 0) is 5.41 Å². The molecule has 2 aliphatic rings. The highest BCUT2D eigenvalue weighted by molar-refractivity contribution is 9.09. The van der Waals surface area contributed by atoms with Crippen molar-refractivity contribution in [3.05, 3.63) is 29.3 Å². The van der Waals surface area contributed by atoms with E-state index in [1.807, 2.05) is 0 Å². The SMILES string of the molecule is Cc1ccc2c(c1)O[C@@]1(CBr)[C@@H](C)CC[C@@]21C. The van der Waals surface area contributed by atoms with Crippen molar-refractivity contribution >= 4 is 15.9 Å². The van der Waals surface area contributed by atoms with Crippen molar-refractivity contribution in [2.24, 2.45) is 5.92 Å².